The number of ether oxygens (including phenoxy) is 1. The monoisotopic (exact) mass is 301 g/mol. The number of carbonyl (C=O) groups is 1. The van der Waals surface area contributed by atoms with Crippen LogP contribution in [0.4, 0.5) is 5.69 Å². The summed E-state index contributed by atoms with van der Waals surface area (Å²) in [5.74, 6) is -1.02. The average Bonchev–Trinajstić information content (AvgIpc) is 2.44. The van der Waals surface area contributed by atoms with Crippen molar-refractivity contribution in [1.29, 1.82) is 0 Å². The Hall–Kier alpha value is -2.07. The molecule has 0 bridgehead atoms. The zero-order chi connectivity index (χ0) is 16.3. The first kappa shape index (κ1) is 16.3. The second kappa shape index (κ2) is 6.36. The minimum absolute atomic E-state index is 0.266. The van der Waals surface area contributed by atoms with Gasteiger partial charge >= 0.3 is 5.97 Å². The van der Waals surface area contributed by atoms with E-state index in [1.165, 1.54) is 0 Å². The second-order valence-electron chi connectivity index (χ2n) is 6.47. The Bertz CT molecular complexity index is 674. The van der Waals surface area contributed by atoms with Crippen molar-refractivity contribution in [2.24, 2.45) is 5.92 Å². The van der Waals surface area contributed by atoms with Crippen LogP contribution in [-0.2, 0) is 16.0 Å². The first-order valence-electron chi connectivity index (χ1n) is 7.41. The lowest BCUT2D eigenvalue weighted by molar-refractivity contribution is -0.161. The maximum absolute atomic E-state index is 12.2. The Labute approximate surface area is 130 Å². The number of nitrogen functional groups attached to an aromatic ring is 1. The van der Waals surface area contributed by atoms with Crippen molar-refractivity contribution in [2.75, 3.05) is 12.3 Å². The minimum atomic E-state index is -0.618. The standard InChI is InChI=1S/C18H23NO3/c1-18(2,3)22-17(21)13(11-20)10-15-14-7-5-4-6-12(14)8-9-16(15)19/h4-9,13,20H,10-11,19H2,1-3H3. The largest absolute Gasteiger partial charge is 0.460 e. The number of nitrogens with two attached hydrogens (primary N) is 1. The van der Waals surface area contributed by atoms with Crippen LogP contribution in [0.2, 0.25) is 0 Å². The fourth-order valence-corrected chi connectivity index (χ4v) is 2.43. The van der Waals surface area contributed by atoms with Crippen LogP contribution in [0.25, 0.3) is 10.8 Å². The van der Waals surface area contributed by atoms with Gasteiger partial charge in [-0.05, 0) is 49.6 Å². The van der Waals surface area contributed by atoms with Gasteiger partial charge in [0.05, 0.1) is 12.5 Å². The van der Waals surface area contributed by atoms with Crippen molar-refractivity contribution < 1.29 is 14.6 Å². The van der Waals surface area contributed by atoms with Gasteiger partial charge in [0, 0.05) is 5.69 Å². The summed E-state index contributed by atoms with van der Waals surface area (Å²) in [6.45, 7) is 5.17. The average molecular weight is 301 g/mol. The lowest BCUT2D eigenvalue weighted by atomic mass is 9.93. The van der Waals surface area contributed by atoms with Crippen LogP contribution in [0.15, 0.2) is 36.4 Å². The number of hydrogen-bond acceptors (Lipinski definition) is 4. The molecule has 4 nitrogen and oxygen atoms in total. The number of carbonyl (C=O) groups excluding carboxylic acids is 1. The minimum Gasteiger partial charge on any atom is -0.460 e. The first-order valence-corrected chi connectivity index (χ1v) is 7.41. The van der Waals surface area contributed by atoms with Crippen LogP contribution in [0.1, 0.15) is 26.3 Å². The number of esters is 1. The van der Waals surface area contributed by atoms with E-state index >= 15 is 0 Å². The van der Waals surface area contributed by atoms with Gasteiger partial charge in [-0.15, -0.1) is 0 Å². The Balaban J connectivity index is 2.32. The first-order chi connectivity index (χ1) is 10.3. The Morgan fingerprint density at radius 1 is 1.23 bits per heavy atom. The highest BCUT2D eigenvalue weighted by Crippen LogP contribution is 2.27. The van der Waals surface area contributed by atoms with Gasteiger partial charge in [-0.1, -0.05) is 30.3 Å². The summed E-state index contributed by atoms with van der Waals surface area (Å²) in [5, 5.41) is 11.6. The normalized spacial score (nSPS) is 13.1. The Morgan fingerprint density at radius 3 is 2.55 bits per heavy atom. The highest BCUT2D eigenvalue weighted by atomic mass is 16.6. The van der Waals surface area contributed by atoms with Gasteiger partial charge < -0.3 is 15.6 Å². The predicted octanol–water partition coefficient (Wildman–Crippen LogP) is 2.91. The highest BCUT2D eigenvalue weighted by molar-refractivity contribution is 5.90. The van der Waals surface area contributed by atoms with Gasteiger partial charge in [-0.3, -0.25) is 4.79 Å². The fraction of sp³-hybridized carbons (Fsp3) is 0.389. The fourth-order valence-electron chi connectivity index (χ4n) is 2.43. The van der Waals surface area contributed by atoms with Crippen molar-refractivity contribution in [3.8, 4) is 0 Å². The Kier molecular flexibility index (Phi) is 4.71. The highest BCUT2D eigenvalue weighted by Gasteiger charge is 2.26. The smallest absolute Gasteiger partial charge is 0.312 e. The number of anilines is 1. The van der Waals surface area contributed by atoms with Crippen LogP contribution in [0.3, 0.4) is 0 Å². The van der Waals surface area contributed by atoms with Crippen molar-refractivity contribution in [1.82, 2.24) is 0 Å². The van der Waals surface area contributed by atoms with Crippen molar-refractivity contribution in [2.45, 2.75) is 32.8 Å². The molecule has 0 saturated heterocycles. The summed E-state index contributed by atoms with van der Waals surface area (Å²) in [4.78, 5) is 12.2. The van der Waals surface area contributed by atoms with Crippen molar-refractivity contribution >= 4 is 22.4 Å². The second-order valence-corrected chi connectivity index (χ2v) is 6.47. The molecule has 0 aromatic heterocycles. The van der Waals surface area contributed by atoms with Crippen LogP contribution in [0, 0.1) is 5.92 Å². The lowest BCUT2D eigenvalue weighted by Gasteiger charge is -2.23. The van der Waals surface area contributed by atoms with E-state index in [9.17, 15) is 9.90 Å². The third kappa shape index (κ3) is 3.77. The maximum atomic E-state index is 12.2. The van der Waals surface area contributed by atoms with Crippen molar-refractivity contribution in [3.63, 3.8) is 0 Å². The molecule has 0 saturated carbocycles. The molecule has 1 unspecified atom stereocenters. The molecule has 0 spiro atoms. The van der Waals surface area contributed by atoms with E-state index < -0.39 is 17.5 Å². The maximum Gasteiger partial charge on any atom is 0.312 e. The third-order valence-corrected chi connectivity index (χ3v) is 3.49. The molecule has 0 aliphatic heterocycles. The van der Waals surface area contributed by atoms with Gasteiger partial charge in [0.2, 0.25) is 0 Å². The molecule has 1 atom stereocenters. The third-order valence-electron chi connectivity index (χ3n) is 3.49. The van der Waals surface area contributed by atoms with Gasteiger partial charge in [-0.25, -0.2) is 0 Å². The summed E-state index contributed by atoms with van der Waals surface area (Å²) in [5.41, 5.74) is 7.01. The molecule has 0 aliphatic carbocycles. The molecular weight excluding hydrogens is 278 g/mol. The van der Waals surface area contributed by atoms with Crippen LogP contribution in [0.5, 0.6) is 0 Å². The summed E-state index contributed by atoms with van der Waals surface area (Å²) in [6.07, 6.45) is 0.360. The number of rotatable bonds is 4. The van der Waals surface area contributed by atoms with Gasteiger partial charge in [0.25, 0.3) is 0 Å². The molecule has 118 valence electrons. The predicted molar refractivity (Wildman–Crippen MR) is 88.5 cm³/mol. The summed E-state index contributed by atoms with van der Waals surface area (Å²) in [6, 6.07) is 11.7. The lowest BCUT2D eigenvalue weighted by Crippen LogP contribution is -2.31. The zero-order valence-corrected chi connectivity index (χ0v) is 13.3. The van der Waals surface area contributed by atoms with E-state index in [1.54, 1.807) is 0 Å². The molecule has 0 heterocycles. The quantitative estimate of drug-likeness (QED) is 0.673. The van der Waals surface area contributed by atoms with Gasteiger partial charge in [-0.2, -0.15) is 0 Å². The number of benzene rings is 2. The van der Waals surface area contributed by atoms with Crippen LogP contribution in [-0.4, -0.2) is 23.3 Å². The summed E-state index contributed by atoms with van der Waals surface area (Å²) in [7, 11) is 0. The van der Waals surface area contributed by atoms with Crippen molar-refractivity contribution in [3.05, 3.63) is 42.0 Å². The SMILES string of the molecule is CC(C)(C)OC(=O)C(CO)Cc1c(N)ccc2ccccc12. The number of aliphatic hydroxyl groups excluding tert-OH is 1. The van der Waals surface area contributed by atoms with E-state index in [0.29, 0.717) is 12.1 Å². The molecule has 0 aliphatic rings. The van der Waals surface area contributed by atoms with E-state index in [-0.39, 0.29) is 6.61 Å². The Morgan fingerprint density at radius 2 is 1.91 bits per heavy atom. The molecule has 0 fully saturated rings. The van der Waals surface area contributed by atoms with E-state index in [0.717, 1.165) is 16.3 Å². The summed E-state index contributed by atoms with van der Waals surface area (Å²) < 4.78 is 5.38. The molecule has 4 heteroatoms. The van der Waals surface area contributed by atoms with E-state index in [4.69, 9.17) is 10.5 Å². The molecule has 3 N–H and O–H groups in total. The molecule has 2 aromatic rings. The molecule has 2 aromatic carbocycles. The number of aliphatic hydroxyl groups is 1. The van der Waals surface area contributed by atoms with E-state index in [2.05, 4.69) is 0 Å². The number of hydrogen-bond donors (Lipinski definition) is 2. The molecule has 22 heavy (non-hydrogen) atoms. The zero-order valence-electron chi connectivity index (χ0n) is 13.3. The van der Waals surface area contributed by atoms with E-state index in [1.807, 2.05) is 57.2 Å². The number of fused-ring (bicyclic) bond motifs is 1. The molecule has 0 radical (unpaired) electrons. The summed E-state index contributed by atoms with van der Waals surface area (Å²) >= 11 is 0. The van der Waals surface area contributed by atoms with Crippen LogP contribution >= 0.6 is 0 Å². The molecular formula is C18H23NO3. The van der Waals surface area contributed by atoms with Crippen LogP contribution < -0.4 is 5.73 Å². The van der Waals surface area contributed by atoms with Gasteiger partial charge in [0.1, 0.15) is 5.60 Å². The van der Waals surface area contributed by atoms with Gasteiger partial charge in [0.15, 0.2) is 0 Å². The molecule has 2 rings (SSSR count). The molecule has 0 amide bonds. The topological polar surface area (TPSA) is 72.5 Å².